The zero-order chi connectivity index (χ0) is 14.5. The molecule has 1 N–H and O–H groups in total. The van der Waals surface area contributed by atoms with E-state index >= 15 is 0 Å². The first-order valence-electron chi connectivity index (χ1n) is 6.00. The largest absolute Gasteiger partial charge is 0.338 e. The maximum absolute atomic E-state index is 9.17. The van der Waals surface area contributed by atoms with Gasteiger partial charge in [0.25, 0.3) is 0 Å². The number of para-hydroxylation sites is 1. The molecule has 1 aromatic carbocycles. The van der Waals surface area contributed by atoms with E-state index in [1.165, 1.54) is 17.1 Å². The molecule has 1 heterocycles. The summed E-state index contributed by atoms with van der Waals surface area (Å²) < 4.78 is 0. The Labute approximate surface area is 124 Å². The average Bonchev–Trinajstić information content (AvgIpc) is 2.47. The summed E-state index contributed by atoms with van der Waals surface area (Å²) in [5, 5.41) is 14.4. The Balaban J connectivity index is 2.42. The molecule has 0 aliphatic heterocycles. The highest BCUT2D eigenvalue weighted by Crippen LogP contribution is 2.29. The van der Waals surface area contributed by atoms with Crippen LogP contribution in [0.1, 0.15) is 5.56 Å². The molecule has 0 amide bonds. The SMILES string of the molecule is CSc1ncc(C#N)c(Nc2ccccc2P(C)C)n1. The fourth-order valence-corrected chi connectivity index (χ4v) is 3.08. The number of benzene rings is 1. The summed E-state index contributed by atoms with van der Waals surface area (Å²) in [5.74, 6) is 0.566. The van der Waals surface area contributed by atoms with Crippen LogP contribution in [0.15, 0.2) is 35.6 Å². The summed E-state index contributed by atoms with van der Waals surface area (Å²) in [6.07, 6.45) is 3.47. The van der Waals surface area contributed by atoms with Gasteiger partial charge in [0.1, 0.15) is 11.6 Å². The van der Waals surface area contributed by atoms with E-state index in [4.69, 9.17) is 5.26 Å². The van der Waals surface area contributed by atoms with Gasteiger partial charge < -0.3 is 5.32 Å². The average molecular weight is 302 g/mol. The number of aromatic nitrogens is 2. The van der Waals surface area contributed by atoms with Gasteiger partial charge in [-0.05, 0) is 31.0 Å². The summed E-state index contributed by atoms with van der Waals surface area (Å²) in [6.45, 7) is 4.41. The summed E-state index contributed by atoms with van der Waals surface area (Å²) in [5.41, 5.74) is 1.46. The van der Waals surface area contributed by atoms with Gasteiger partial charge in [-0.1, -0.05) is 37.9 Å². The van der Waals surface area contributed by atoms with Crippen LogP contribution in [0.4, 0.5) is 11.5 Å². The van der Waals surface area contributed by atoms with Crippen molar-refractivity contribution >= 4 is 36.5 Å². The number of nitriles is 1. The van der Waals surface area contributed by atoms with E-state index in [9.17, 15) is 0 Å². The van der Waals surface area contributed by atoms with Gasteiger partial charge in [-0.15, -0.1) is 0 Å². The van der Waals surface area contributed by atoms with Crippen molar-refractivity contribution in [3.63, 3.8) is 0 Å². The van der Waals surface area contributed by atoms with E-state index in [2.05, 4.69) is 40.7 Å². The fourth-order valence-electron chi connectivity index (χ4n) is 1.74. The molecule has 1 aromatic heterocycles. The van der Waals surface area contributed by atoms with E-state index < -0.39 is 0 Å². The molecule has 2 rings (SSSR count). The molecule has 0 saturated heterocycles. The molecule has 0 radical (unpaired) electrons. The number of rotatable bonds is 4. The normalized spacial score (nSPS) is 10.3. The first kappa shape index (κ1) is 14.8. The molecule has 0 saturated carbocycles. The van der Waals surface area contributed by atoms with Gasteiger partial charge in [-0.2, -0.15) is 5.26 Å². The van der Waals surface area contributed by atoms with Crippen LogP contribution in [-0.4, -0.2) is 29.6 Å². The summed E-state index contributed by atoms with van der Waals surface area (Å²) >= 11 is 1.46. The van der Waals surface area contributed by atoms with Crippen LogP contribution in [0, 0.1) is 11.3 Å². The number of thioether (sulfide) groups is 1. The summed E-state index contributed by atoms with van der Waals surface area (Å²) in [7, 11) is -0.232. The molecule has 20 heavy (non-hydrogen) atoms. The first-order valence-corrected chi connectivity index (χ1v) is 9.46. The zero-order valence-electron chi connectivity index (χ0n) is 11.6. The molecule has 0 unspecified atom stereocenters. The van der Waals surface area contributed by atoms with Crippen molar-refractivity contribution in [1.29, 1.82) is 5.26 Å². The minimum atomic E-state index is -0.232. The van der Waals surface area contributed by atoms with E-state index in [-0.39, 0.29) is 7.92 Å². The van der Waals surface area contributed by atoms with Gasteiger partial charge in [0.2, 0.25) is 0 Å². The second-order valence-corrected chi connectivity index (χ2v) is 7.31. The van der Waals surface area contributed by atoms with Crippen LogP contribution in [0.5, 0.6) is 0 Å². The van der Waals surface area contributed by atoms with E-state index in [0.717, 1.165) is 5.69 Å². The van der Waals surface area contributed by atoms with Crippen molar-refractivity contribution in [2.45, 2.75) is 5.16 Å². The smallest absolute Gasteiger partial charge is 0.189 e. The minimum absolute atomic E-state index is 0.232. The quantitative estimate of drug-likeness (QED) is 0.534. The lowest BCUT2D eigenvalue weighted by Gasteiger charge is -2.15. The molecule has 0 fully saturated rings. The van der Waals surface area contributed by atoms with Crippen molar-refractivity contribution in [2.75, 3.05) is 24.9 Å². The van der Waals surface area contributed by atoms with Gasteiger partial charge in [-0.3, -0.25) is 0 Å². The van der Waals surface area contributed by atoms with Crippen LogP contribution in [-0.2, 0) is 0 Å². The molecular formula is C14H15N4PS. The first-order chi connectivity index (χ1) is 9.65. The Morgan fingerprint density at radius 2 is 2.05 bits per heavy atom. The Morgan fingerprint density at radius 1 is 1.30 bits per heavy atom. The fraction of sp³-hybridized carbons (Fsp3) is 0.214. The Hall–Kier alpha value is -1.63. The van der Waals surface area contributed by atoms with Crippen molar-refractivity contribution in [2.24, 2.45) is 0 Å². The van der Waals surface area contributed by atoms with Crippen molar-refractivity contribution in [1.82, 2.24) is 9.97 Å². The molecule has 0 aliphatic rings. The maximum atomic E-state index is 9.17. The van der Waals surface area contributed by atoms with E-state index in [0.29, 0.717) is 16.5 Å². The highest BCUT2D eigenvalue weighted by Gasteiger charge is 2.10. The Kier molecular flexibility index (Phi) is 4.94. The third kappa shape index (κ3) is 3.27. The second kappa shape index (κ2) is 6.69. The number of nitrogens with one attached hydrogen (secondary N) is 1. The predicted molar refractivity (Wildman–Crippen MR) is 86.7 cm³/mol. The predicted octanol–water partition coefficient (Wildman–Crippen LogP) is 3.18. The minimum Gasteiger partial charge on any atom is -0.338 e. The number of hydrogen-bond acceptors (Lipinski definition) is 5. The van der Waals surface area contributed by atoms with Crippen molar-refractivity contribution in [3.8, 4) is 6.07 Å². The van der Waals surface area contributed by atoms with Crippen molar-refractivity contribution < 1.29 is 0 Å². The highest BCUT2D eigenvalue weighted by atomic mass is 32.2. The van der Waals surface area contributed by atoms with Crippen LogP contribution in [0.2, 0.25) is 0 Å². The Bertz CT molecular complexity index is 652. The topological polar surface area (TPSA) is 61.6 Å². The number of anilines is 2. The molecule has 6 heteroatoms. The molecule has 2 aromatic rings. The van der Waals surface area contributed by atoms with Crippen molar-refractivity contribution in [3.05, 3.63) is 36.0 Å². The molecule has 4 nitrogen and oxygen atoms in total. The summed E-state index contributed by atoms with van der Waals surface area (Å²) in [4.78, 5) is 8.50. The third-order valence-electron chi connectivity index (χ3n) is 2.71. The number of nitrogens with zero attached hydrogens (tertiary/aromatic N) is 3. The lowest BCUT2D eigenvalue weighted by molar-refractivity contribution is 0.969. The molecule has 102 valence electrons. The standard InChI is InChI=1S/C14H15N4PS/c1-19(2)12-7-5-4-6-11(12)17-13-10(8-15)9-16-14(18-13)20-3/h4-7,9H,1-3H3,(H,16,17,18). The molecule has 0 spiro atoms. The van der Waals surface area contributed by atoms with Crippen LogP contribution in [0.3, 0.4) is 0 Å². The molecule has 0 bridgehead atoms. The lowest BCUT2D eigenvalue weighted by atomic mass is 10.3. The lowest BCUT2D eigenvalue weighted by Crippen LogP contribution is -2.09. The Morgan fingerprint density at radius 3 is 2.70 bits per heavy atom. The van der Waals surface area contributed by atoms with Gasteiger partial charge in [0.05, 0.1) is 6.20 Å². The molecular weight excluding hydrogens is 287 g/mol. The highest BCUT2D eigenvalue weighted by molar-refractivity contribution is 7.98. The van der Waals surface area contributed by atoms with Gasteiger partial charge in [0, 0.05) is 5.69 Å². The molecule has 0 aliphatic carbocycles. The van der Waals surface area contributed by atoms with Crippen LogP contribution >= 0.6 is 19.7 Å². The van der Waals surface area contributed by atoms with Gasteiger partial charge in [0.15, 0.2) is 11.0 Å². The molecule has 0 atom stereocenters. The number of hydrogen-bond donors (Lipinski definition) is 1. The van der Waals surface area contributed by atoms with E-state index in [1.54, 1.807) is 6.20 Å². The maximum Gasteiger partial charge on any atom is 0.189 e. The monoisotopic (exact) mass is 302 g/mol. The second-order valence-electron chi connectivity index (χ2n) is 4.27. The van der Waals surface area contributed by atoms with Gasteiger partial charge >= 0.3 is 0 Å². The van der Waals surface area contributed by atoms with Crippen LogP contribution < -0.4 is 10.6 Å². The zero-order valence-corrected chi connectivity index (χ0v) is 13.3. The third-order valence-corrected chi connectivity index (χ3v) is 4.62. The summed E-state index contributed by atoms with van der Waals surface area (Å²) in [6, 6.07) is 10.3. The van der Waals surface area contributed by atoms with Gasteiger partial charge in [-0.25, -0.2) is 9.97 Å². The van der Waals surface area contributed by atoms with Crippen LogP contribution in [0.25, 0.3) is 0 Å². The van der Waals surface area contributed by atoms with E-state index in [1.807, 2.05) is 24.5 Å².